The van der Waals surface area contributed by atoms with Gasteiger partial charge in [-0.15, -0.1) is 35.0 Å². The van der Waals surface area contributed by atoms with Crippen molar-refractivity contribution in [3.8, 4) is 0 Å². The average Bonchev–Trinajstić information content (AvgIpc) is 2.63. The number of hydrogen-bond donors (Lipinski definition) is 1. The van der Waals surface area contributed by atoms with E-state index in [4.69, 9.17) is 33.2 Å². The second kappa shape index (κ2) is 9.51. The van der Waals surface area contributed by atoms with E-state index in [-0.39, 0.29) is 53.5 Å². The molecule has 1 aromatic carbocycles. The Bertz CT molecular complexity index is 781. The van der Waals surface area contributed by atoms with Gasteiger partial charge in [0.25, 0.3) is 0 Å². The SMILES string of the molecule is CSC1=C(COP(N)(=O)N(CCCl)CCCl)C(=O)c2ccccc2C1=O. The van der Waals surface area contributed by atoms with Gasteiger partial charge in [-0.25, -0.2) is 10.2 Å². The van der Waals surface area contributed by atoms with Gasteiger partial charge in [0.2, 0.25) is 5.78 Å². The molecule has 1 aliphatic carbocycles. The Balaban J connectivity index is 2.28. The largest absolute Gasteiger partial charge is 0.341 e. The summed E-state index contributed by atoms with van der Waals surface area (Å²) >= 11 is 12.6. The zero-order chi connectivity index (χ0) is 19.3. The molecule has 0 heterocycles. The molecular weight excluding hydrogens is 418 g/mol. The van der Waals surface area contributed by atoms with Crippen LogP contribution >= 0.6 is 42.6 Å². The first-order valence-electron chi connectivity index (χ1n) is 7.73. The van der Waals surface area contributed by atoms with E-state index in [0.717, 1.165) is 11.8 Å². The molecule has 2 N–H and O–H groups in total. The predicted octanol–water partition coefficient (Wildman–Crippen LogP) is 3.55. The van der Waals surface area contributed by atoms with Crippen molar-refractivity contribution in [1.82, 2.24) is 4.67 Å². The van der Waals surface area contributed by atoms with Gasteiger partial charge in [0.05, 0.1) is 11.5 Å². The number of thioether (sulfide) groups is 1. The maximum absolute atomic E-state index is 12.8. The third-order valence-corrected chi connectivity index (χ3v) is 6.71. The maximum Gasteiger partial charge on any atom is 0.341 e. The molecule has 0 aliphatic heterocycles. The standard InChI is InChI=1S/C16H19Cl2N2O4PS/c1-26-16-13(10-24-25(19,23)20(8-6-17)9-7-18)14(21)11-4-2-3-5-12(11)15(16)22/h2-5H,6-10H2,1H3,(H2,19,23). The molecule has 0 fully saturated rings. The minimum absolute atomic E-state index is 0.156. The zero-order valence-corrected chi connectivity index (χ0v) is 17.3. The molecule has 0 amide bonds. The van der Waals surface area contributed by atoms with Crippen molar-refractivity contribution >= 4 is 54.2 Å². The first-order chi connectivity index (χ1) is 12.4. The van der Waals surface area contributed by atoms with E-state index in [9.17, 15) is 14.2 Å². The molecule has 6 nitrogen and oxygen atoms in total. The van der Waals surface area contributed by atoms with Crippen molar-refractivity contribution in [1.29, 1.82) is 0 Å². The third-order valence-electron chi connectivity index (χ3n) is 3.85. The lowest BCUT2D eigenvalue weighted by Crippen LogP contribution is -2.31. The molecule has 0 aromatic heterocycles. The second-order valence-electron chi connectivity index (χ2n) is 5.38. The van der Waals surface area contributed by atoms with Crippen molar-refractivity contribution < 1.29 is 18.7 Å². The Kier molecular flexibility index (Phi) is 7.91. The third kappa shape index (κ3) is 4.60. The summed E-state index contributed by atoms with van der Waals surface area (Å²) in [7, 11) is -3.71. The highest BCUT2D eigenvalue weighted by molar-refractivity contribution is 8.03. The van der Waals surface area contributed by atoms with Crippen LogP contribution in [-0.2, 0) is 9.09 Å². The van der Waals surface area contributed by atoms with E-state index in [2.05, 4.69) is 0 Å². The number of allylic oxidation sites excluding steroid dienone is 1. The smallest absolute Gasteiger partial charge is 0.301 e. The summed E-state index contributed by atoms with van der Waals surface area (Å²) in [5.41, 5.74) is 6.64. The summed E-state index contributed by atoms with van der Waals surface area (Å²) in [6.07, 6.45) is 1.70. The molecule has 0 saturated carbocycles. The number of halogens is 2. The monoisotopic (exact) mass is 436 g/mol. The lowest BCUT2D eigenvalue weighted by Gasteiger charge is -2.27. The zero-order valence-electron chi connectivity index (χ0n) is 14.1. The van der Waals surface area contributed by atoms with Crippen molar-refractivity contribution in [2.75, 3.05) is 37.7 Å². The Hall–Kier alpha value is -0.660. The number of nitrogens with two attached hydrogens (primary N) is 1. The summed E-state index contributed by atoms with van der Waals surface area (Å²) in [4.78, 5) is 25.7. The number of benzene rings is 1. The lowest BCUT2D eigenvalue weighted by atomic mass is 9.89. The van der Waals surface area contributed by atoms with Crippen LogP contribution in [0.5, 0.6) is 0 Å². The molecule has 26 heavy (non-hydrogen) atoms. The number of carbonyl (C=O) groups is 2. The number of rotatable bonds is 9. The van der Waals surface area contributed by atoms with Crippen LogP contribution in [-0.4, -0.2) is 53.9 Å². The van der Waals surface area contributed by atoms with Crippen LogP contribution in [0.25, 0.3) is 0 Å². The Morgan fingerprint density at radius 1 is 1.12 bits per heavy atom. The number of ketones is 2. The molecule has 1 atom stereocenters. The van der Waals surface area contributed by atoms with E-state index in [0.29, 0.717) is 11.1 Å². The quantitative estimate of drug-likeness (QED) is 0.467. The van der Waals surface area contributed by atoms with Crippen molar-refractivity contribution in [3.05, 3.63) is 45.9 Å². The first-order valence-corrected chi connectivity index (χ1v) is 11.7. The van der Waals surface area contributed by atoms with Gasteiger partial charge in [0, 0.05) is 41.5 Å². The molecular formula is C16H19Cl2N2O4PS. The van der Waals surface area contributed by atoms with Crippen LogP contribution in [0, 0.1) is 0 Å². The Labute approximate surface area is 166 Å². The summed E-state index contributed by atoms with van der Waals surface area (Å²) in [6, 6.07) is 6.58. The van der Waals surface area contributed by atoms with Gasteiger partial charge in [0.1, 0.15) is 0 Å². The number of Topliss-reactive ketones (excluding diaryl/α,β-unsaturated/α-hetero) is 2. The van der Waals surface area contributed by atoms with Gasteiger partial charge in [0.15, 0.2) is 5.78 Å². The predicted molar refractivity (Wildman–Crippen MR) is 106 cm³/mol. The molecule has 0 spiro atoms. The lowest BCUT2D eigenvalue weighted by molar-refractivity contribution is 0.0971. The fraction of sp³-hybridized carbons (Fsp3) is 0.375. The second-order valence-corrected chi connectivity index (χ2v) is 8.91. The van der Waals surface area contributed by atoms with Gasteiger partial charge >= 0.3 is 7.67 Å². The molecule has 1 aromatic rings. The highest BCUT2D eigenvalue weighted by Crippen LogP contribution is 2.43. The van der Waals surface area contributed by atoms with E-state index in [1.54, 1.807) is 30.5 Å². The van der Waals surface area contributed by atoms with Crippen molar-refractivity contribution in [2.45, 2.75) is 0 Å². The van der Waals surface area contributed by atoms with Crippen molar-refractivity contribution in [3.63, 3.8) is 0 Å². The first kappa shape index (κ1) is 21.6. The summed E-state index contributed by atoms with van der Waals surface area (Å²) in [5.74, 6) is -0.182. The Morgan fingerprint density at radius 2 is 1.65 bits per heavy atom. The molecule has 1 aliphatic rings. The highest BCUT2D eigenvalue weighted by atomic mass is 35.5. The van der Waals surface area contributed by atoms with E-state index >= 15 is 0 Å². The molecule has 142 valence electrons. The van der Waals surface area contributed by atoms with Crippen molar-refractivity contribution in [2.24, 2.45) is 5.50 Å². The number of hydrogen-bond acceptors (Lipinski definition) is 5. The minimum atomic E-state index is -3.71. The van der Waals surface area contributed by atoms with Crippen LogP contribution in [0.1, 0.15) is 20.7 Å². The summed E-state index contributed by atoms with van der Waals surface area (Å²) in [5, 5.41) is 0. The molecule has 2 rings (SSSR count). The number of carbonyl (C=O) groups excluding carboxylic acids is 2. The van der Waals surface area contributed by atoms with Crippen LogP contribution in [0.4, 0.5) is 0 Å². The van der Waals surface area contributed by atoms with Gasteiger partial charge in [-0.1, -0.05) is 24.3 Å². The summed E-state index contributed by atoms with van der Waals surface area (Å²) in [6.45, 7) is 0.127. The maximum atomic E-state index is 12.8. The highest BCUT2D eigenvalue weighted by Gasteiger charge is 2.34. The van der Waals surface area contributed by atoms with Crippen LogP contribution in [0.15, 0.2) is 34.7 Å². The fourth-order valence-corrected chi connectivity index (χ4v) is 5.15. The van der Waals surface area contributed by atoms with Crippen LogP contribution in [0.2, 0.25) is 0 Å². The van der Waals surface area contributed by atoms with Gasteiger partial charge in [-0.3, -0.25) is 14.2 Å². The van der Waals surface area contributed by atoms with Crippen LogP contribution in [0.3, 0.4) is 0 Å². The normalized spacial score (nSPS) is 16.8. The average molecular weight is 437 g/mol. The minimum Gasteiger partial charge on any atom is -0.301 e. The van der Waals surface area contributed by atoms with Gasteiger partial charge in [-0.05, 0) is 6.26 Å². The number of fused-ring (bicyclic) bond motifs is 1. The van der Waals surface area contributed by atoms with E-state index in [1.807, 2.05) is 0 Å². The van der Waals surface area contributed by atoms with Gasteiger partial charge in [-0.2, -0.15) is 0 Å². The van der Waals surface area contributed by atoms with E-state index in [1.165, 1.54) is 4.67 Å². The topological polar surface area (TPSA) is 89.7 Å². The summed E-state index contributed by atoms with van der Waals surface area (Å²) < 4.78 is 19.5. The molecule has 0 saturated heterocycles. The molecule has 0 bridgehead atoms. The fourth-order valence-electron chi connectivity index (χ4n) is 2.58. The Morgan fingerprint density at radius 3 is 2.15 bits per heavy atom. The van der Waals surface area contributed by atoms with E-state index < -0.39 is 7.67 Å². The van der Waals surface area contributed by atoms with Gasteiger partial charge < -0.3 is 4.52 Å². The molecule has 0 radical (unpaired) electrons. The molecule has 10 heteroatoms. The molecule has 1 unspecified atom stereocenters. The van der Waals surface area contributed by atoms with Crippen LogP contribution < -0.4 is 5.50 Å². The number of alkyl halides is 2. The number of nitrogens with zero attached hydrogens (tertiary/aromatic N) is 1.